The van der Waals surface area contributed by atoms with Gasteiger partial charge in [-0.3, -0.25) is 4.79 Å². The minimum atomic E-state index is -1.54. The molecule has 2 aromatic rings. The van der Waals surface area contributed by atoms with E-state index in [-0.39, 0.29) is 16.7 Å². The monoisotopic (exact) mass is 423 g/mol. The van der Waals surface area contributed by atoms with Crippen LogP contribution in [0, 0.1) is 0 Å². The SMILES string of the molecule is CNC(=O)c1cccc(-c2ccc(O[C@H]3O[C@H](CO)[C@@H](O)[C@H](O)[C@@H]3O)c(Cl)c2)c1. The van der Waals surface area contributed by atoms with Gasteiger partial charge in [-0.2, -0.15) is 0 Å². The van der Waals surface area contributed by atoms with Gasteiger partial charge in [-0.25, -0.2) is 0 Å². The van der Waals surface area contributed by atoms with Gasteiger partial charge in [0.05, 0.1) is 11.6 Å². The molecule has 5 atom stereocenters. The summed E-state index contributed by atoms with van der Waals surface area (Å²) in [6, 6.07) is 11.9. The smallest absolute Gasteiger partial charge is 0.251 e. The third-order valence-electron chi connectivity index (χ3n) is 4.71. The van der Waals surface area contributed by atoms with Crippen molar-refractivity contribution in [2.75, 3.05) is 13.7 Å². The first kappa shape index (κ1) is 21.5. The van der Waals surface area contributed by atoms with Crippen molar-refractivity contribution >= 4 is 17.5 Å². The molecule has 1 aliphatic heterocycles. The van der Waals surface area contributed by atoms with Gasteiger partial charge in [-0.1, -0.05) is 29.8 Å². The number of nitrogens with one attached hydrogen (secondary N) is 1. The molecule has 0 saturated carbocycles. The number of benzene rings is 2. The topological polar surface area (TPSA) is 128 Å². The Morgan fingerprint density at radius 1 is 1.10 bits per heavy atom. The molecule has 1 aliphatic rings. The maximum atomic E-state index is 11.8. The summed E-state index contributed by atoms with van der Waals surface area (Å²) in [6.45, 7) is -0.556. The Labute approximate surface area is 172 Å². The van der Waals surface area contributed by atoms with Crippen LogP contribution in [0.4, 0.5) is 0 Å². The van der Waals surface area contributed by atoms with Gasteiger partial charge < -0.3 is 35.2 Å². The zero-order valence-corrected chi connectivity index (χ0v) is 16.3. The molecule has 9 heteroatoms. The molecule has 1 amide bonds. The predicted octanol–water partition coefficient (Wildman–Crippen LogP) is 0.545. The number of aliphatic hydroxyl groups excluding tert-OH is 4. The highest BCUT2D eigenvalue weighted by atomic mass is 35.5. The van der Waals surface area contributed by atoms with Gasteiger partial charge in [-0.15, -0.1) is 0 Å². The Bertz CT molecular complexity index is 876. The zero-order valence-electron chi connectivity index (χ0n) is 15.5. The van der Waals surface area contributed by atoms with E-state index < -0.39 is 37.3 Å². The second-order valence-electron chi connectivity index (χ2n) is 6.62. The first-order chi connectivity index (χ1) is 13.8. The fraction of sp³-hybridized carbons (Fsp3) is 0.350. The first-order valence-electron chi connectivity index (χ1n) is 8.95. The fourth-order valence-electron chi connectivity index (χ4n) is 3.05. The lowest BCUT2D eigenvalue weighted by Crippen LogP contribution is -2.60. The number of hydrogen-bond donors (Lipinski definition) is 5. The molecule has 2 aromatic carbocycles. The van der Waals surface area contributed by atoms with E-state index in [1.807, 2.05) is 6.07 Å². The van der Waals surface area contributed by atoms with Crippen LogP contribution < -0.4 is 10.1 Å². The van der Waals surface area contributed by atoms with Crippen LogP contribution in [0.5, 0.6) is 5.75 Å². The quantitative estimate of drug-likeness (QED) is 0.475. The third kappa shape index (κ3) is 4.53. The minimum Gasteiger partial charge on any atom is -0.460 e. The summed E-state index contributed by atoms with van der Waals surface area (Å²) >= 11 is 6.31. The fourth-order valence-corrected chi connectivity index (χ4v) is 3.28. The summed E-state index contributed by atoms with van der Waals surface area (Å²) in [4.78, 5) is 11.8. The Hall–Kier alpha value is -2.20. The van der Waals surface area contributed by atoms with E-state index in [1.165, 1.54) is 0 Å². The van der Waals surface area contributed by atoms with Crippen molar-refractivity contribution in [2.45, 2.75) is 30.7 Å². The molecule has 0 aliphatic carbocycles. The molecule has 5 N–H and O–H groups in total. The van der Waals surface area contributed by atoms with Crippen LogP contribution in [0.3, 0.4) is 0 Å². The van der Waals surface area contributed by atoms with Gasteiger partial charge >= 0.3 is 0 Å². The van der Waals surface area contributed by atoms with E-state index in [2.05, 4.69) is 5.32 Å². The highest BCUT2D eigenvalue weighted by Crippen LogP contribution is 2.33. The van der Waals surface area contributed by atoms with Crippen molar-refractivity contribution < 1.29 is 34.7 Å². The van der Waals surface area contributed by atoms with Crippen LogP contribution in [-0.2, 0) is 4.74 Å². The molecular weight excluding hydrogens is 402 g/mol. The zero-order chi connectivity index (χ0) is 21.1. The van der Waals surface area contributed by atoms with E-state index in [1.54, 1.807) is 43.4 Å². The number of rotatable bonds is 5. The first-order valence-corrected chi connectivity index (χ1v) is 9.32. The Kier molecular flexibility index (Phi) is 6.74. The molecule has 156 valence electrons. The second kappa shape index (κ2) is 9.08. The highest BCUT2D eigenvalue weighted by molar-refractivity contribution is 6.32. The normalized spacial score (nSPS) is 26.8. The Morgan fingerprint density at radius 2 is 1.83 bits per heavy atom. The molecule has 8 nitrogen and oxygen atoms in total. The predicted molar refractivity (Wildman–Crippen MR) is 105 cm³/mol. The maximum absolute atomic E-state index is 11.8. The standard InChI is InChI=1S/C20H22ClNO7/c1-22-19(27)12-4-2-3-10(7-12)11-5-6-14(13(21)8-11)28-20-18(26)17(25)16(24)15(9-23)29-20/h2-8,15-18,20,23-26H,9H2,1H3,(H,22,27)/t15-,16-,17+,18+,20+/m1/s1. The summed E-state index contributed by atoms with van der Waals surface area (Å²) in [5.74, 6) is -0.0253. The number of ether oxygens (including phenoxy) is 2. The van der Waals surface area contributed by atoms with E-state index >= 15 is 0 Å². The number of halogens is 1. The van der Waals surface area contributed by atoms with Gasteiger partial charge in [0.25, 0.3) is 5.91 Å². The maximum Gasteiger partial charge on any atom is 0.251 e. The number of hydrogen-bond acceptors (Lipinski definition) is 7. The molecule has 0 bridgehead atoms. The number of aliphatic hydroxyl groups is 4. The Balaban J connectivity index is 1.81. The molecule has 0 radical (unpaired) electrons. The van der Waals surface area contributed by atoms with Crippen molar-refractivity contribution in [1.29, 1.82) is 0 Å². The van der Waals surface area contributed by atoms with Crippen molar-refractivity contribution in [3.8, 4) is 16.9 Å². The van der Waals surface area contributed by atoms with Crippen molar-refractivity contribution in [2.24, 2.45) is 0 Å². The molecule has 3 rings (SSSR count). The summed E-state index contributed by atoms with van der Waals surface area (Å²) in [7, 11) is 1.55. The van der Waals surface area contributed by atoms with Gasteiger partial charge in [0.2, 0.25) is 6.29 Å². The van der Waals surface area contributed by atoms with E-state index in [4.69, 9.17) is 21.1 Å². The van der Waals surface area contributed by atoms with Crippen molar-refractivity contribution in [1.82, 2.24) is 5.32 Å². The molecule has 1 saturated heterocycles. The largest absolute Gasteiger partial charge is 0.460 e. The van der Waals surface area contributed by atoms with Crippen molar-refractivity contribution in [3.63, 3.8) is 0 Å². The van der Waals surface area contributed by atoms with Crippen LogP contribution >= 0.6 is 11.6 Å². The molecule has 1 heterocycles. The molecule has 0 aromatic heterocycles. The van der Waals surface area contributed by atoms with Crippen LogP contribution in [0.25, 0.3) is 11.1 Å². The molecular formula is C20H22ClNO7. The summed E-state index contributed by atoms with van der Waals surface area (Å²) in [5, 5.41) is 41.8. The average molecular weight is 424 g/mol. The van der Waals surface area contributed by atoms with Gasteiger partial charge in [-0.05, 0) is 35.4 Å². The number of amides is 1. The van der Waals surface area contributed by atoms with Crippen LogP contribution in [-0.4, -0.2) is 70.7 Å². The average Bonchev–Trinajstić information content (AvgIpc) is 2.74. The lowest BCUT2D eigenvalue weighted by atomic mass is 9.99. The molecule has 29 heavy (non-hydrogen) atoms. The van der Waals surface area contributed by atoms with Crippen molar-refractivity contribution in [3.05, 3.63) is 53.1 Å². The molecule has 0 spiro atoms. The molecule has 1 fully saturated rings. The molecule has 0 unspecified atom stereocenters. The third-order valence-corrected chi connectivity index (χ3v) is 5.00. The number of carbonyl (C=O) groups excluding carboxylic acids is 1. The Morgan fingerprint density at radius 3 is 2.48 bits per heavy atom. The lowest BCUT2D eigenvalue weighted by molar-refractivity contribution is -0.277. The van der Waals surface area contributed by atoms with E-state index in [0.717, 1.165) is 11.1 Å². The van der Waals surface area contributed by atoms with Crippen LogP contribution in [0.2, 0.25) is 5.02 Å². The van der Waals surface area contributed by atoms with E-state index in [9.17, 15) is 25.2 Å². The second-order valence-corrected chi connectivity index (χ2v) is 7.03. The summed E-state index contributed by atoms with van der Waals surface area (Å²) in [6.07, 6.45) is -6.96. The number of carbonyl (C=O) groups is 1. The minimum absolute atomic E-state index is 0.183. The van der Waals surface area contributed by atoms with Crippen LogP contribution in [0.15, 0.2) is 42.5 Å². The lowest BCUT2D eigenvalue weighted by Gasteiger charge is -2.39. The van der Waals surface area contributed by atoms with Crippen LogP contribution in [0.1, 0.15) is 10.4 Å². The highest BCUT2D eigenvalue weighted by Gasteiger charge is 2.44. The van der Waals surface area contributed by atoms with Gasteiger partial charge in [0, 0.05) is 12.6 Å². The summed E-state index contributed by atoms with van der Waals surface area (Å²) in [5.41, 5.74) is 2.01. The summed E-state index contributed by atoms with van der Waals surface area (Å²) < 4.78 is 10.9. The van der Waals surface area contributed by atoms with Gasteiger partial charge in [0.1, 0.15) is 30.2 Å². The van der Waals surface area contributed by atoms with Gasteiger partial charge in [0.15, 0.2) is 0 Å². The van der Waals surface area contributed by atoms with E-state index in [0.29, 0.717) is 5.56 Å².